The smallest absolute Gasteiger partial charge is 0.307 e. The van der Waals surface area contributed by atoms with Gasteiger partial charge in [-0.05, 0) is 49.9 Å². The van der Waals surface area contributed by atoms with Crippen molar-refractivity contribution in [2.75, 3.05) is 19.7 Å². The summed E-state index contributed by atoms with van der Waals surface area (Å²) in [6.45, 7) is 3.00. The highest BCUT2D eigenvalue weighted by Gasteiger charge is 2.28. The number of carbonyl (C=O) groups is 2. The maximum absolute atomic E-state index is 13.4. The zero-order valence-corrected chi connectivity index (χ0v) is 14.7. The summed E-state index contributed by atoms with van der Waals surface area (Å²) < 4.78 is 19.8. The first-order valence-electron chi connectivity index (χ1n) is 8.83. The molecule has 0 unspecified atom stereocenters. The molecule has 0 bridgehead atoms. The average Bonchev–Trinajstić information content (AvgIpc) is 3.30. The maximum Gasteiger partial charge on any atom is 0.307 e. The number of nitrogens with zero attached hydrogens (tertiary/aromatic N) is 3. The first-order chi connectivity index (χ1) is 12.6. The number of benzene rings is 1. The largest absolute Gasteiger partial charge is 0.466 e. The van der Waals surface area contributed by atoms with Crippen LogP contribution in [-0.2, 0) is 9.53 Å². The number of amides is 1. The lowest BCUT2D eigenvalue weighted by molar-refractivity contribution is -0.143. The molecule has 0 saturated heterocycles. The van der Waals surface area contributed by atoms with Crippen molar-refractivity contribution in [3.05, 3.63) is 48.0 Å². The maximum atomic E-state index is 13.4. The molecule has 1 aliphatic carbocycles. The second-order valence-corrected chi connectivity index (χ2v) is 6.37. The molecule has 3 rings (SSSR count). The van der Waals surface area contributed by atoms with Crippen molar-refractivity contribution in [1.82, 2.24) is 14.7 Å². The zero-order valence-electron chi connectivity index (χ0n) is 14.7. The van der Waals surface area contributed by atoms with Crippen LogP contribution >= 0.6 is 0 Å². The molecule has 26 heavy (non-hydrogen) atoms. The highest BCUT2D eigenvalue weighted by atomic mass is 19.1. The van der Waals surface area contributed by atoms with E-state index in [1.54, 1.807) is 36.2 Å². The molecule has 7 heteroatoms. The van der Waals surface area contributed by atoms with Gasteiger partial charge in [0.25, 0.3) is 5.91 Å². The summed E-state index contributed by atoms with van der Waals surface area (Å²) in [5.41, 5.74) is 0.822. The molecule has 6 nitrogen and oxygen atoms in total. The van der Waals surface area contributed by atoms with Gasteiger partial charge in [-0.2, -0.15) is 5.10 Å². The van der Waals surface area contributed by atoms with Crippen molar-refractivity contribution in [2.24, 2.45) is 5.92 Å². The number of hydrogen-bond acceptors (Lipinski definition) is 4. The van der Waals surface area contributed by atoms with Gasteiger partial charge < -0.3 is 9.64 Å². The second kappa shape index (κ2) is 8.12. The highest BCUT2D eigenvalue weighted by molar-refractivity contribution is 5.92. The minimum Gasteiger partial charge on any atom is -0.466 e. The summed E-state index contributed by atoms with van der Waals surface area (Å²) in [5, 5.41) is 4.28. The summed E-state index contributed by atoms with van der Waals surface area (Å²) in [4.78, 5) is 26.1. The zero-order chi connectivity index (χ0) is 18.5. The van der Waals surface area contributed by atoms with Crippen molar-refractivity contribution >= 4 is 11.9 Å². The van der Waals surface area contributed by atoms with E-state index < -0.39 is 0 Å². The van der Waals surface area contributed by atoms with E-state index >= 15 is 0 Å². The highest BCUT2D eigenvalue weighted by Crippen LogP contribution is 2.30. The Morgan fingerprint density at radius 2 is 2.15 bits per heavy atom. The Morgan fingerprint density at radius 1 is 1.35 bits per heavy atom. The van der Waals surface area contributed by atoms with Gasteiger partial charge in [0.05, 0.1) is 18.7 Å². The molecule has 1 aliphatic rings. The molecular formula is C19H22FN3O3. The predicted octanol–water partition coefficient (Wildman–Crippen LogP) is 2.82. The first kappa shape index (κ1) is 18.1. The fourth-order valence-electron chi connectivity index (χ4n) is 2.71. The number of ether oxygens (including phenoxy) is 1. The van der Waals surface area contributed by atoms with Gasteiger partial charge in [0.2, 0.25) is 0 Å². The minimum atomic E-state index is -0.365. The van der Waals surface area contributed by atoms with E-state index in [1.807, 2.05) is 0 Å². The van der Waals surface area contributed by atoms with Gasteiger partial charge in [-0.3, -0.25) is 9.59 Å². The van der Waals surface area contributed by atoms with Crippen LogP contribution in [0.1, 0.15) is 36.7 Å². The van der Waals surface area contributed by atoms with E-state index in [1.165, 1.54) is 16.8 Å². The van der Waals surface area contributed by atoms with Crippen LogP contribution in [0.15, 0.2) is 36.5 Å². The SMILES string of the molecule is CCOC(=O)CCN(CC1CC1)C(=O)c1ccn(-c2cccc(F)c2)n1. The molecular weight excluding hydrogens is 337 g/mol. The number of esters is 1. The van der Waals surface area contributed by atoms with E-state index in [0.29, 0.717) is 31.3 Å². The third-order valence-electron chi connectivity index (χ3n) is 4.23. The fraction of sp³-hybridized carbons (Fsp3) is 0.421. The molecule has 1 saturated carbocycles. The Kier molecular flexibility index (Phi) is 5.65. The van der Waals surface area contributed by atoms with Crippen LogP contribution in [0.5, 0.6) is 0 Å². The van der Waals surface area contributed by atoms with Gasteiger partial charge in [-0.15, -0.1) is 0 Å². The number of hydrogen-bond donors (Lipinski definition) is 0. The van der Waals surface area contributed by atoms with Gasteiger partial charge >= 0.3 is 5.97 Å². The van der Waals surface area contributed by atoms with Gasteiger partial charge in [-0.25, -0.2) is 9.07 Å². The Balaban J connectivity index is 1.70. The van der Waals surface area contributed by atoms with Gasteiger partial charge in [0.15, 0.2) is 5.69 Å². The Morgan fingerprint density at radius 3 is 2.85 bits per heavy atom. The molecule has 0 radical (unpaired) electrons. The van der Waals surface area contributed by atoms with E-state index in [2.05, 4.69) is 5.10 Å². The van der Waals surface area contributed by atoms with E-state index in [-0.39, 0.29) is 29.8 Å². The molecule has 1 aromatic carbocycles. The lowest BCUT2D eigenvalue weighted by Crippen LogP contribution is -2.35. The van der Waals surface area contributed by atoms with Gasteiger partial charge in [-0.1, -0.05) is 6.07 Å². The van der Waals surface area contributed by atoms with E-state index in [4.69, 9.17) is 4.74 Å². The standard InChI is InChI=1S/C19H22FN3O3/c1-2-26-18(24)9-10-22(13-14-6-7-14)19(25)17-8-11-23(21-17)16-5-3-4-15(20)12-16/h3-5,8,11-12,14H,2,6-7,9-10,13H2,1H3. The average molecular weight is 359 g/mol. The normalized spacial score (nSPS) is 13.5. The number of aromatic nitrogens is 2. The van der Waals surface area contributed by atoms with Crippen molar-refractivity contribution in [2.45, 2.75) is 26.2 Å². The van der Waals surface area contributed by atoms with Crippen LogP contribution < -0.4 is 0 Å². The van der Waals surface area contributed by atoms with Crippen molar-refractivity contribution in [1.29, 1.82) is 0 Å². The summed E-state index contributed by atoms with van der Waals surface area (Å²) in [5.74, 6) is -0.412. The van der Waals surface area contributed by atoms with E-state index in [0.717, 1.165) is 12.8 Å². The van der Waals surface area contributed by atoms with Crippen molar-refractivity contribution < 1.29 is 18.7 Å². The second-order valence-electron chi connectivity index (χ2n) is 6.37. The molecule has 1 amide bonds. The predicted molar refractivity (Wildman–Crippen MR) is 93.4 cm³/mol. The summed E-state index contributed by atoms with van der Waals surface area (Å²) in [6.07, 6.45) is 3.99. The fourth-order valence-corrected chi connectivity index (χ4v) is 2.71. The van der Waals surface area contributed by atoms with E-state index in [9.17, 15) is 14.0 Å². The molecule has 2 aromatic rings. The third kappa shape index (κ3) is 4.68. The summed E-state index contributed by atoms with van der Waals surface area (Å²) >= 11 is 0. The van der Waals surface area contributed by atoms with Crippen LogP contribution in [0.25, 0.3) is 5.69 Å². The topological polar surface area (TPSA) is 64.4 Å². The minimum absolute atomic E-state index is 0.164. The van der Waals surface area contributed by atoms with Gasteiger partial charge in [0, 0.05) is 19.3 Å². The molecule has 138 valence electrons. The molecule has 1 fully saturated rings. The monoisotopic (exact) mass is 359 g/mol. The molecule has 0 spiro atoms. The van der Waals surface area contributed by atoms with Gasteiger partial charge in [0.1, 0.15) is 5.82 Å². The summed E-state index contributed by atoms with van der Waals surface area (Å²) in [6, 6.07) is 7.62. The van der Waals surface area contributed by atoms with Crippen LogP contribution in [0.2, 0.25) is 0 Å². The lowest BCUT2D eigenvalue weighted by Gasteiger charge is -2.21. The van der Waals surface area contributed by atoms with Crippen LogP contribution in [0, 0.1) is 11.7 Å². The lowest BCUT2D eigenvalue weighted by atomic mass is 10.3. The molecule has 1 heterocycles. The summed E-state index contributed by atoms with van der Waals surface area (Å²) in [7, 11) is 0. The number of halogens is 1. The Bertz CT molecular complexity index is 786. The Hall–Kier alpha value is -2.70. The van der Waals surface area contributed by atoms with Crippen molar-refractivity contribution in [3.8, 4) is 5.69 Å². The van der Waals surface area contributed by atoms with Crippen LogP contribution in [-0.4, -0.2) is 46.3 Å². The first-order valence-corrected chi connectivity index (χ1v) is 8.83. The molecule has 0 atom stereocenters. The quantitative estimate of drug-likeness (QED) is 0.680. The third-order valence-corrected chi connectivity index (χ3v) is 4.23. The van der Waals surface area contributed by atoms with Crippen LogP contribution in [0.3, 0.4) is 0 Å². The number of rotatable bonds is 8. The van der Waals surface area contributed by atoms with Crippen molar-refractivity contribution in [3.63, 3.8) is 0 Å². The van der Waals surface area contributed by atoms with Crippen LogP contribution in [0.4, 0.5) is 4.39 Å². The molecule has 0 aliphatic heterocycles. The Labute approximate surface area is 151 Å². The molecule has 1 aromatic heterocycles. The molecule has 0 N–H and O–H groups in total. The number of carbonyl (C=O) groups excluding carboxylic acids is 2.